The molecule has 0 amide bonds. The molecular formula is C15H13N7O5. The van der Waals surface area contributed by atoms with Crippen LogP contribution in [0, 0.1) is 0 Å². The van der Waals surface area contributed by atoms with Gasteiger partial charge in [-0.15, -0.1) is 0 Å². The van der Waals surface area contributed by atoms with Gasteiger partial charge in [0.15, 0.2) is 0 Å². The van der Waals surface area contributed by atoms with E-state index >= 15 is 0 Å². The molecule has 0 fully saturated rings. The number of anilines is 2. The smallest absolute Gasteiger partial charge is 0.414 e. The molecule has 0 spiro atoms. The van der Waals surface area contributed by atoms with Gasteiger partial charge < -0.3 is 26.8 Å². The molecule has 0 radical (unpaired) electrons. The molecule has 12 nitrogen and oxygen atoms in total. The highest BCUT2D eigenvalue weighted by molar-refractivity contribution is 6.27. The van der Waals surface area contributed by atoms with E-state index in [2.05, 4.69) is 24.9 Å². The Bertz CT molecular complexity index is 984. The Hall–Kier alpha value is -4.35. The van der Waals surface area contributed by atoms with Gasteiger partial charge in [0, 0.05) is 12.4 Å². The number of aromatic hydroxyl groups is 1. The van der Waals surface area contributed by atoms with E-state index in [1.54, 1.807) is 18.2 Å². The lowest BCUT2D eigenvalue weighted by Crippen LogP contribution is -2.09. The average Bonchev–Trinajstić information content (AvgIpc) is 2.62. The van der Waals surface area contributed by atoms with E-state index < -0.39 is 11.9 Å². The SMILES string of the molecule is Nc1nccc(-c2ccc(O)c(-c3ccnc(N)n3)n2)n1.O=C(O)C(=O)O. The van der Waals surface area contributed by atoms with Gasteiger partial charge in [0.2, 0.25) is 11.9 Å². The van der Waals surface area contributed by atoms with Crippen LogP contribution in [0.15, 0.2) is 36.7 Å². The molecular weight excluding hydrogens is 358 g/mol. The Balaban J connectivity index is 0.000000380. The molecule has 0 saturated heterocycles. The summed E-state index contributed by atoms with van der Waals surface area (Å²) in [6, 6.07) is 6.42. The maximum atomic E-state index is 9.96. The van der Waals surface area contributed by atoms with E-state index in [1.807, 2.05) is 0 Å². The van der Waals surface area contributed by atoms with Gasteiger partial charge in [0.05, 0.1) is 17.1 Å². The Kier molecular flexibility index (Phi) is 5.73. The molecule has 0 aromatic carbocycles. The van der Waals surface area contributed by atoms with E-state index in [0.29, 0.717) is 22.8 Å². The van der Waals surface area contributed by atoms with Crippen molar-refractivity contribution in [3.8, 4) is 28.5 Å². The molecule has 0 aliphatic carbocycles. The molecule has 0 aliphatic rings. The van der Waals surface area contributed by atoms with Crippen molar-refractivity contribution in [1.29, 1.82) is 0 Å². The van der Waals surface area contributed by atoms with E-state index in [1.165, 1.54) is 18.5 Å². The molecule has 27 heavy (non-hydrogen) atoms. The summed E-state index contributed by atoms with van der Waals surface area (Å²) < 4.78 is 0. The normalized spacial score (nSPS) is 9.78. The molecule has 7 N–H and O–H groups in total. The van der Waals surface area contributed by atoms with Crippen LogP contribution in [-0.4, -0.2) is 52.2 Å². The van der Waals surface area contributed by atoms with Gasteiger partial charge in [-0.2, -0.15) is 0 Å². The second-order valence-corrected chi connectivity index (χ2v) is 4.77. The number of carboxylic acid groups (broad SMARTS) is 2. The molecule has 3 rings (SSSR count). The number of rotatable bonds is 2. The first-order chi connectivity index (χ1) is 12.8. The second-order valence-electron chi connectivity index (χ2n) is 4.77. The zero-order valence-corrected chi connectivity index (χ0v) is 13.5. The first-order valence-electron chi connectivity index (χ1n) is 7.12. The third kappa shape index (κ3) is 5.06. The standard InChI is InChI=1S/C13H11N7O.C2H2O4/c14-12-16-5-3-8(19-12)7-1-2-10(21)11(18-7)9-4-6-17-13(15)20-9;3-1(4)2(5)6/h1-6,21H,(H2,14,16,19)(H2,15,17,20);(H,3,4)(H,5,6). The summed E-state index contributed by atoms with van der Waals surface area (Å²) in [4.78, 5) is 38.3. The number of nitrogen functional groups attached to an aromatic ring is 2. The van der Waals surface area contributed by atoms with Crippen molar-refractivity contribution in [2.24, 2.45) is 0 Å². The molecule has 3 heterocycles. The molecule has 12 heteroatoms. The molecule has 3 aromatic rings. The van der Waals surface area contributed by atoms with Crippen LogP contribution in [0.1, 0.15) is 0 Å². The number of pyridine rings is 1. The fraction of sp³-hybridized carbons (Fsp3) is 0. The zero-order chi connectivity index (χ0) is 20.0. The minimum absolute atomic E-state index is 0.0149. The highest BCUT2D eigenvalue weighted by Gasteiger charge is 2.11. The van der Waals surface area contributed by atoms with Gasteiger partial charge in [-0.1, -0.05) is 0 Å². The van der Waals surface area contributed by atoms with Gasteiger partial charge in [-0.25, -0.2) is 34.5 Å². The topological polar surface area (TPSA) is 211 Å². The number of nitrogens with two attached hydrogens (primary N) is 2. The van der Waals surface area contributed by atoms with Crippen LogP contribution in [0.4, 0.5) is 11.9 Å². The molecule has 3 aromatic heterocycles. The lowest BCUT2D eigenvalue weighted by molar-refractivity contribution is -0.159. The molecule has 0 bridgehead atoms. The van der Waals surface area contributed by atoms with Crippen molar-refractivity contribution < 1.29 is 24.9 Å². The van der Waals surface area contributed by atoms with Crippen LogP contribution in [0.25, 0.3) is 22.8 Å². The molecule has 0 aliphatic heterocycles. The van der Waals surface area contributed by atoms with Crippen molar-refractivity contribution in [3.05, 3.63) is 36.7 Å². The Morgan fingerprint density at radius 3 is 1.74 bits per heavy atom. The minimum Gasteiger partial charge on any atom is -0.506 e. The molecule has 0 atom stereocenters. The van der Waals surface area contributed by atoms with Gasteiger partial charge in [-0.3, -0.25) is 0 Å². The van der Waals surface area contributed by atoms with Crippen LogP contribution in [0.3, 0.4) is 0 Å². The molecule has 0 unspecified atom stereocenters. The zero-order valence-electron chi connectivity index (χ0n) is 13.5. The third-order valence-electron chi connectivity index (χ3n) is 2.91. The van der Waals surface area contributed by atoms with Crippen molar-refractivity contribution in [1.82, 2.24) is 24.9 Å². The number of carboxylic acids is 2. The van der Waals surface area contributed by atoms with Crippen molar-refractivity contribution in [2.75, 3.05) is 11.5 Å². The predicted octanol–water partition coefficient (Wildman–Crippen LogP) is 0.0212. The third-order valence-corrected chi connectivity index (χ3v) is 2.91. The van der Waals surface area contributed by atoms with Gasteiger partial charge in [0.25, 0.3) is 0 Å². The first-order valence-corrected chi connectivity index (χ1v) is 7.12. The van der Waals surface area contributed by atoms with Gasteiger partial charge >= 0.3 is 11.9 Å². The number of hydrogen-bond donors (Lipinski definition) is 5. The van der Waals surface area contributed by atoms with E-state index in [0.717, 1.165) is 0 Å². The average molecular weight is 371 g/mol. The highest BCUT2D eigenvalue weighted by atomic mass is 16.4. The largest absolute Gasteiger partial charge is 0.506 e. The van der Waals surface area contributed by atoms with E-state index in [-0.39, 0.29) is 17.6 Å². The highest BCUT2D eigenvalue weighted by Crippen LogP contribution is 2.28. The molecule has 138 valence electrons. The van der Waals surface area contributed by atoms with Crippen molar-refractivity contribution in [2.45, 2.75) is 0 Å². The Morgan fingerprint density at radius 2 is 1.22 bits per heavy atom. The van der Waals surface area contributed by atoms with Crippen LogP contribution in [0.5, 0.6) is 5.75 Å². The first kappa shape index (κ1) is 19.0. The van der Waals surface area contributed by atoms with Crippen LogP contribution in [-0.2, 0) is 9.59 Å². The quantitative estimate of drug-likeness (QED) is 0.377. The summed E-state index contributed by atoms with van der Waals surface area (Å²) in [5.41, 5.74) is 12.9. The van der Waals surface area contributed by atoms with Gasteiger partial charge in [0.1, 0.15) is 11.4 Å². The summed E-state index contributed by atoms with van der Waals surface area (Å²) in [5.74, 6) is -3.41. The summed E-state index contributed by atoms with van der Waals surface area (Å²) in [6.45, 7) is 0. The van der Waals surface area contributed by atoms with Crippen molar-refractivity contribution in [3.63, 3.8) is 0 Å². The van der Waals surface area contributed by atoms with Crippen LogP contribution >= 0.6 is 0 Å². The van der Waals surface area contributed by atoms with Crippen molar-refractivity contribution >= 4 is 23.8 Å². The fourth-order valence-corrected chi connectivity index (χ4v) is 1.81. The number of carbonyl (C=O) groups is 2. The second kappa shape index (κ2) is 8.15. The monoisotopic (exact) mass is 371 g/mol. The van der Waals surface area contributed by atoms with Crippen LogP contribution < -0.4 is 11.5 Å². The van der Waals surface area contributed by atoms with E-state index in [9.17, 15) is 5.11 Å². The van der Waals surface area contributed by atoms with Crippen LogP contribution in [0.2, 0.25) is 0 Å². The van der Waals surface area contributed by atoms with Gasteiger partial charge in [-0.05, 0) is 24.3 Å². The van der Waals surface area contributed by atoms with E-state index in [4.69, 9.17) is 31.3 Å². The summed E-state index contributed by atoms with van der Waals surface area (Å²) in [5, 5.41) is 24.7. The number of aliphatic carboxylic acids is 2. The number of nitrogens with zero attached hydrogens (tertiary/aromatic N) is 5. The lowest BCUT2D eigenvalue weighted by Gasteiger charge is -2.06. The summed E-state index contributed by atoms with van der Waals surface area (Å²) in [7, 11) is 0. The predicted molar refractivity (Wildman–Crippen MR) is 92.1 cm³/mol. The molecule has 0 saturated carbocycles. The lowest BCUT2D eigenvalue weighted by atomic mass is 10.2. The minimum atomic E-state index is -1.82. The summed E-state index contributed by atoms with van der Waals surface area (Å²) in [6.07, 6.45) is 3.03. The number of hydrogen-bond acceptors (Lipinski definition) is 10. The maximum Gasteiger partial charge on any atom is 0.414 e. The Morgan fingerprint density at radius 1 is 0.741 bits per heavy atom. The maximum absolute atomic E-state index is 9.96. The number of aromatic nitrogens is 5. The fourth-order valence-electron chi connectivity index (χ4n) is 1.81. The Labute approximate surface area is 151 Å². The summed E-state index contributed by atoms with van der Waals surface area (Å²) >= 11 is 0.